The van der Waals surface area contributed by atoms with Crippen LogP contribution in [0.4, 0.5) is 0 Å². The van der Waals surface area contributed by atoms with Gasteiger partial charge in [0.1, 0.15) is 10.9 Å². The highest BCUT2D eigenvalue weighted by Gasteiger charge is 2.25. The third-order valence-electron chi connectivity index (χ3n) is 2.10. The number of carboxylic acid groups (broad SMARTS) is 1. The van der Waals surface area contributed by atoms with Crippen molar-refractivity contribution in [3.63, 3.8) is 0 Å². The molecule has 0 spiro atoms. The quantitative estimate of drug-likeness (QED) is 0.810. The normalized spacial score (nSPS) is 12.2. The summed E-state index contributed by atoms with van der Waals surface area (Å²) in [5.74, 6) is -1.40. The van der Waals surface area contributed by atoms with E-state index in [2.05, 4.69) is 9.59 Å². The molecule has 1 aromatic heterocycles. The van der Waals surface area contributed by atoms with E-state index in [1.165, 1.54) is 14.0 Å². The third-order valence-corrected chi connectivity index (χ3v) is 2.92. The van der Waals surface area contributed by atoms with Crippen LogP contribution in [0.5, 0.6) is 0 Å². The zero-order chi connectivity index (χ0) is 11.6. The first-order chi connectivity index (χ1) is 6.95. The zero-order valence-electron chi connectivity index (χ0n) is 8.59. The number of aliphatic carboxylic acids is 1. The molecule has 1 heterocycles. The van der Waals surface area contributed by atoms with Gasteiger partial charge in [-0.1, -0.05) is 4.49 Å². The molecule has 0 radical (unpaired) electrons. The molecule has 1 aromatic rings. The summed E-state index contributed by atoms with van der Waals surface area (Å²) in [6.07, 6.45) is 0. The second kappa shape index (κ2) is 4.35. The second-order valence-electron chi connectivity index (χ2n) is 3.12. The summed E-state index contributed by atoms with van der Waals surface area (Å²) >= 11 is 0.970. The maximum Gasteiger partial charge on any atom is 0.326 e. The molecule has 1 N–H and O–H groups in total. The van der Waals surface area contributed by atoms with Crippen LogP contribution < -0.4 is 0 Å². The fourth-order valence-corrected chi connectivity index (χ4v) is 1.57. The molecular weight excluding hydrogens is 218 g/mol. The third kappa shape index (κ3) is 2.30. The Bertz CT molecular complexity index is 390. The number of hydrogen-bond donors (Lipinski definition) is 1. The predicted octanol–water partition coefficient (Wildman–Crippen LogP) is 0.392. The van der Waals surface area contributed by atoms with Gasteiger partial charge in [0.05, 0.1) is 5.69 Å². The van der Waals surface area contributed by atoms with Gasteiger partial charge in [0.15, 0.2) is 0 Å². The molecule has 1 rings (SSSR count). The van der Waals surface area contributed by atoms with Crippen LogP contribution in [0.25, 0.3) is 0 Å². The Hall–Kier alpha value is -1.50. The Labute approximate surface area is 90.7 Å². The molecule has 7 heteroatoms. The van der Waals surface area contributed by atoms with Crippen LogP contribution in [0, 0.1) is 6.92 Å². The van der Waals surface area contributed by atoms with E-state index in [0.29, 0.717) is 10.6 Å². The molecule has 0 aliphatic heterocycles. The molecule has 6 nitrogen and oxygen atoms in total. The summed E-state index contributed by atoms with van der Waals surface area (Å²) in [4.78, 5) is 24.0. The van der Waals surface area contributed by atoms with Crippen LogP contribution >= 0.6 is 11.5 Å². The van der Waals surface area contributed by atoms with Crippen LogP contribution in [0.2, 0.25) is 0 Å². The highest BCUT2D eigenvalue weighted by Crippen LogP contribution is 2.13. The van der Waals surface area contributed by atoms with E-state index < -0.39 is 12.0 Å². The molecule has 1 atom stereocenters. The van der Waals surface area contributed by atoms with Gasteiger partial charge in [0.25, 0.3) is 5.91 Å². The van der Waals surface area contributed by atoms with Crippen molar-refractivity contribution in [1.29, 1.82) is 0 Å². The minimum Gasteiger partial charge on any atom is -0.480 e. The lowest BCUT2D eigenvalue weighted by Gasteiger charge is -2.20. The van der Waals surface area contributed by atoms with Gasteiger partial charge in [-0.25, -0.2) is 4.79 Å². The number of aryl methyl sites for hydroxylation is 1. The van der Waals surface area contributed by atoms with Crippen molar-refractivity contribution in [3.05, 3.63) is 10.6 Å². The highest BCUT2D eigenvalue weighted by atomic mass is 32.1. The summed E-state index contributed by atoms with van der Waals surface area (Å²) in [6.45, 7) is 3.11. The molecule has 0 saturated carbocycles. The standard InChI is InChI=1S/C8H11N3O3S/c1-4-6(15-10-9-4)7(12)11(3)5(2)8(13)14/h5H,1-3H3,(H,13,14). The Kier molecular flexibility index (Phi) is 3.35. The van der Waals surface area contributed by atoms with Gasteiger partial charge in [0, 0.05) is 7.05 Å². The number of amides is 1. The van der Waals surface area contributed by atoms with Gasteiger partial charge in [-0.15, -0.1) is 5.10 Å². The topological polar surface area (TPSA) is 83.4 Å². The van der Waals surface area contributed by atoms with Gasteiger partial charge in [-0.05, 0) is 25.4 Å². The van der Waals surface area contributed by atoms with Crippen molar-refractivity contribution in [2.75, 3.05) is 7.05 Å². The van der Waals surface area contributed by atoms with Crippen molar-refractivity contribution in [2.45, 2.75) is 19.9 Å². The fourth-order valence-electron chi connectivity index (χ4n) is 0.929. The highest BCUT2D eigenvalue weighted by molar-refractivity contribution is 7.07. The number of rotatable bonds is 3. The molecular formula is C8H11N3O3S. The zero-order valence-corrected chi connectivity index (χ0v) is 9.41. The number of carbonyl (C=O) groups is 2. The van der Waals surface area contributed by atoms with E-state index in [1.54, 1.807) is 6.92 Å². The lowest BCUT2D eigenvalue weighted by molar-refractivity contribution is -0.141. The summed E-state index contributed by atoms with van der Waals surface area (Å²) < 4.78 is 3.63. The first-order valence-corrected chi connectivity index (χ1v) is 5.01. The van der Waals surface area contributed by atoms with E-state index in [1.807, 2.05) is 0 Å². The first kappa shape index (κ1) is 11.6. The maximum atomic E-state index is 11.8. The smallest absolute Gasteiger partial charge is 0.326 e. The molecule has 0 fully saturated rings. The summed E-state index contributed by atoms with van der Waals surface area (Å²) in [7, 11) is 1.44. The summed E-state index contributed by atoms with van der Waals surface area (Å²) in [5.41, 5.74) is 0.523. The Morgan fingerprint density at radius 3 is 2.53 bits per heavy atom. The van der Waals surface area contributed by atoms with E-state index in [0.717, 1.165) is 16.4 Å². The van der Waals surface area contributed by atoms with Gasteiger partial charge in [-0.2, -0.15) is 0 Å². The lowest BCUT2D eigenvalue weighted by Crippen LogP contribution is -2.40. The van der Waals surface area contributed by atoms with E-state index >= 15 is 0 Å². The van der Waals surface area contributed by atoms with Crippen LogP contribution in [0.3, 0.4) is 0 Å². The molecule has 1 unspecified atom stereocenters. The maximum absolute atomic E-state index is 11.8. The van der Waals surface area contributed by atoms with E-state index in [9.17, 15) is 9.59 Å². The molecule has 0 aromatic carbocycles. The molecule has 0 aliphatic rings. The molecule has 0 aliphatic carbocycles. The van der Waals surface area contributed by atoms with Gasteiger partial charge in [-0.3, -0.25) is 4.79 Å². The summed E-state index contributed by atoms with van der Waals surface area (Å²) in [5, 5.41) is 12.4. The van der Waals surface area contributed by atoms with Crippen molar-refractivity contribution < 1.29 is 14.7 Å². The monoisotopic (exact) mass is 229 g/mol. The molecule has 0 saturated heterocycles. The SMILES string of the molecule is Cc1nnsc1C(=O)N(C)C(C)C(=O)O. The average molecular weight is 229 g/mol. The average Bonchev–Trinajstić information content (AvgIpc) is 2.60. The Morgan fingerprint density at radius 1 is 1.53 bits per heavy atom. The molecule has 0 bridgehead atoms. The lowest BCUT2D eigenvalue weighted by atomic mass is 10.2. The van der Waals surface area contributed by atoms with Gasteiger partial charge in [0.2, 0.25) is 0 Å². The molecule has 1 amide bonds. The number of carboxylic acids is 1. The Morgan fingerprint density at radius 2 is 2.13 bits per heavy atom. The van der Waals surface area contributed by atoms with Gasteiger partial charge < -0.3 is 10.0 Å². The summed E-state index contributed by atoms with van der Waals surface area (Å²) in [6, 6.07) is -0.862. The fraction of sp³-hybridized carbons (Fsp3) is 0.500. The van der Waals surface area contributed by atoms with Crippen molar-refractivity contribution in [1.82, 2.24) is 14.5 Å². The van der Waals surface area contributed by atoms with Crippen LogP contribution in [-0.4, -0.2) is 44.6 Å². The minimum absolute atomic E-state index is 0.364. The predicted molar refractivity (Wildman–Crippen MR) is 53.8 cm³/mol. The van der Waals surface area contributed by atoms with E-state index in [4.69, 9.17) is 5.11 Å². The number of nitrogens with zero attached hydrogens (tertiary/aromatic N) is 3. The van der Waals surface area contributed by atoms with Crippen LogP contribution in [0.1, 0.15) is 22.3 Å². The van der Waals surface area contributed by atoms with Crippen molar-refractivity contribution in [2.24, 2.45) is 0 Å². The van der Waals surface area contributed by atoms with Gasteiger partial charge >= 0.3 is 5.97 Å². The first-order valence-electron chi connectivity index (χ1n) is 4.24. The minimum atomic E-state index is -1.04. The second-order valence-corrected chi connectivity index (χ2v) is 3.87. The molecule has 82 valence electrons. The van der Waals surface area contributed by atoms with Crippen molar-refractivity contribution >= 4 is 23.4 Å². The van der Waals surface area contributed by atoms with E-state index in [-0.39, 0.29) is 5.91 Å². The Balaban J connectivity index is 2.86. The number of aromatic nitrogens is 2. The molecule has 15 heavy (non-hydrogen) atoms. The van der Waals surface area contributed by atoms with Crippen molar-refractivity contribution in [3.8, 4) is 0 Å². The number of carbonyl (C=O) groups excluding carboxylic acids is 1. The number of hydrogen-bond acceptors (Lipinski definition) is 5. The largest absolute Gasteiger partial charge is 0.480 e. The van der Waals surface area contributed by atoms with Crippen LogP contribution in [-0.2, 0) is 4.79 Å². The number of likely N-dealkylation sites (N-methyl/N-ethyl adjacent to an activating group) is 1. The van der Waals surface area contributed by atoms with Crippen LogP contribution in [0.15, 0.2) is 0 Å².